The Labute approximate surface area is 146 Å². The van der Waals surface area contributed by atoms with Gasteiger partial charge in [-0.1, -0.05) is 29.8 Å². The largest absolute Gasteiger partial charge is 0.452 e. The van der Waals surface area contributed by atoms with Gasteiger partial charge in [-0.25, -0.2) is 4.79 Å². The van der Waals surface area contributed by atoms with Gasteiger partial charge >= 0.3 is 12.1 Å². The number of nitrogens with one attached hydrogen (secondary N) is 1. The van der Waals surface area contributed by atoms with E-state index in [4.69, 9.17) is 11.6 Å². The van der Waals surface area contributed by atoms with Crippen molar-refractivity contribution >= 4 is 29.2 Å². The number of hydrogen-bond acceptors (Lipinski definition) is 3. The Morgan fingerprint density at radius 1 is 1.16 bits per heavy atom. The van der Waals surface area contributed by atoms with Gasteiger partial charge in [0.25, 0.3) is 5.91 Å². The fourth-order valence-electron chi connectivity index (χ4n) is 2.02. The van der Waals surface area contributed by atoms with Crippen LogP contribution in [-0.4, -0.2) is 18.5 Å². The van der Waals surface area contributed by atoms with Crippen LogP contribution in [0.15, 0.2) is 42.5 Å². The number of alkyl halides is 3. The molecule has 2 aromatic rings. The van der Waals surface area contributed by atoms with E-state index >= 15 is 0 Å². The Morgan fingerprint density at radius 2 is 1.84 bits per heavy atom. The highest BCUT2D eigenvalue weighted by molar-refractivity contribution is 6.33. The van der Waals surface area contributed by atoms with Crippen LogP contribution in [0.5, 0.6) is 0 Å². The van der Waals surface area contributed by atoms with Crippen molar-refractivity contribution in [3.8, 4) is 0 Å². The van der Waals surface area contributed by atoms with Gasteiger partial charge in [-0.3, -0.25) is 4.79 Å². The van der Waals surface area contributed by atoms with E-state index in [0.29, 0.717) is 10.7 Å². The van der Waals surface area contributed by atoms with E-state index in [1.54, 1.807) is 18.2 Å². The van der Waals surface area contributed by atoms with Crippen LogP contribution in [0.2, 0.25) is 5.02 Å². The molecule has 0 radical (unpaired) electrons. The minimum atomic E-state index is -4.70. The van der Waals surface area contributed by atoms with E-state index in [9.17, 15) is 22.8 Å². The molecule has 8 heteroatoms. The zero-order chi connectivity index (χ0) is 18.6. The first kappa shape index (κ1) is 18.8. The first-order valence-corrected chi connectivity index (χ1v) is 7.45. The first-order valence-electron chi connectivity index (χ1n) is 7.08. The number of halogens is 4. The molecule has 1 N–H and O–H groups in total. The summed E-state index contributed by atoms with van der Waals surface area (Å²) in [4.78, 5) is 23.7. The van der Waals surface area contributed by atoms with Crippen molar-refractivity contribution in [1.29, 1.82) is 0 Å². The lowest BCUT2D eigenvalue weighted by atomic mass is 10.1. The molecule has 0 bridgehead atoms. The van der Waals surface area contributed by atoms with Gasteiger partial charge in [0, 0.05) is 0 Å². The Bertz CT molecular complexity index is 806. The summed E-state index contributed by atoms with van der Waals surface area (Å²) < 4.78 is 43.3. The monoisotopic (exact) mass is 371 g/mol. The summed E-state index contributed by atoms with van der Waals surface area (Å²) >= 11 is 5.96. The van der Waals surface area contributed by atoms with Crippen molar-refractivity contribution in [2.45, 2.75) is 13.1 Å². The molecule has 0 unspecified atom stereocenters. The lowest BCUT2D eigenvalue weighted by Gasteiger charge is -2.12. The summed E-state index contributed by atoms with van der Waals surface area (Å²) in [7, 11) is 0. The van der Waals surface area contributed by atoms with Crippen LogP contribution >= 0.6 is 11.6 Å². The highest BCUT2D eigenvalue weighted by Gasteiger charge is 2.35. The number of anilines is 1. The molecule has 0 fully saturated rings. The van der Waals surface area contributed by atoms with Gasteiger partial charge in [-0.2, -0.15) is 13.2 Å². The van der Waals surface area contributed by atoms with E-state index in [-0.39, 0.29) is 0 Å². The molecule has 0 aliphatic heterocycles. The highest BCUT2D eigenvalue weighted by Crippen LogP contribution is 2.32. The fourth-order valence-corrected chi connectivity index (χ4v) is 2.31. The molecule has 0 aliphatic rings. The van der Waals surface area contributed by atoms with Crippen LogP contribution in [0, 0.1) is 6.92 Å². The number of benzene rings is 2. The lowest BCUT2D eigenvalue weighted by Crippen LogP contribution is -2.22. The Hall–Kier alpha value is -2.54. The molecule has 25 heavy (non-hydrogen) atoms. The molecule has 2 aromatic carbocycles. The average Bonchev–Trinajstić information content (AvgIpc) is 2.54. The summed E-state index contributed by atoms with van der Waals surface area (Å²) in [6, 6.07) is 9.10. The minimum absolute atomic E-state index is 0.294. The Kier molecular flexibility index (Phi) is 5.69. The molecule has 1 amide bonds. The molecule has 0 spiro atoms. The number of aryl methyl sites for hydroxylation is 1. The van der Waals surface area contributed by atoms with E-state index < -0.39 is 35.8 Å². The SMILES string of the molecule is Cc1ccc(NC(=O)COC(=O)c2ccccc2C(F)(F)F)c(Cl)c1. The molecule has 0 aliphatic carbocycles. The second kappa shape index (κ2) is 7.57. The predicted octanol–water partition coefficient (Wildman–Crippen LogP) is 4.46. The second-order valence-corrected chi connectivity index (χ2v) is 5.56. The van der Waals surface area contributed by atoms with Gasteiger partial charge in [-0.15, -0.1) is 0 Å². The van der Waals surface area contributed by atoms with Gasteiger partial charge in [-0.05, 0) is 36.8 Å². The van der Waals surface area contributed by atoms with Gasteiger partial charge in [0.15, 0.2) is 6.61 Å². The van der Waals surface area contributed by atoms with Gasteiger partial charge < -0.3 is 10.1 Å². The third kappa shape index (κ3) is 4.96. The summed E-state index contributed by atoms with van der Waals surface area (Å²) in [5.74, 6) is -1.96. The molecular weight excluding hydrogens is 359 g/mol. The standard InChI is InChI=1S/C17H13ClF3NO3/c1-10-6-7-14(13(18)8-10)22-15(23)9-25-16(24)11-4-2-3-5-12(11)17(19,20)21/h2-8H,9H2,1H3,(H,22,23). The molecule has 0 aromatic heterocycles. The molecular formula is C17H13ClF3NO3. The lowest BCUT2D eigenvalue weighted by molar-refractivity contribution is -0.138. The highest BCUT2D eigenvalue weighted by atomic mass is 35.5. The number of rotatable bonds is 4. The molecule has 4 nitrogen and oxygen atoms in total. The molecule has 0 atom stereocenters. The molecule has 0 saturated heterocycles. The van der Waals surface area contributed by atoms with Crippen molar-refractivity contribution < 1.29 is 27.5 Å². The maximum absolute atomic E-state index is 12.9. The number of carbonyl (C=O) groups excluding carboxylic acids is 2. The van der Waals surface area contributed by atoms with Crippen molar-refractivity contribution in [2.24, 2.45) is 0 Å². The van der Waals surface area contributed by atoms with Gasteiger partial charge in [0.2, 0.25) is 0 Å². The van der Waals surface area contributed by atoms with Crippen LogP contribution in [0.3, 0.4) is 0 Å². The average molecular weight is 372 g/mol. The number of ether oxygens (including phenoxy) is 1. The molecule has 0 heterocycles. The summed E-state index contributed by atoms with van der Waals surface area (Å²) in [6.07, 6.45) is -4.70. The van der Waals surface area contributed by atoms with Crippen LogP contribution in [0.4, 0.5) is 18.9 Å². The maximum Gasteiger partial charge on any atom is 0.417 e. The third-order valence-electron chi connectivity index (χ3n) is 3.19. The van der Waals surface area contributed by atoms with Crippen LogP contribution < -0.4 is 5.32 Å². The zero-order valence-electron chi connectivity index (χ0n) is 13.0. The normalized spacial score (nSPS) is 11.1. The minimum Gasteiger partial charge on any atom is -0.452 e. The zero-order valence-corrected chi connectivity index (χ0v) is 13.7. The van der Waals surface area contributed by atoms with Gasteiger partial charge in [0.05, 0.1) is 21.8 Å². The maximum atomic E-state index is 12.9. The Balaban J connectivity index is 2.02. The molecule has 132 valence electrons. The molecule has 0 saturated carbocycles. The van der Waals surface area contributed by atoms with E-state index in [0.717, 1.165) is 23.8 Å². The second-order valence-electron chi connectivity index (χ2n) is 5.15. The summed E-state index contributed by atoms with van der Waals surface area (Å²) in [5.41, 5.74) is -0.583. The van der Waals surface area contributed by atoms with E-state index in [1.165, 1.54) is 6.07 Å². The number of hydrogen-bond donors (Lipinski definition) is 1. The van der Waals surface area contributed by atoms with Gasteiger partial charge in [0.1, 0.15) is 0 Å². The van der Waals surface area contributed by atoms with Crippen LogP contribution in [-0.2, 0) is 15.7 Å². The van der Waals surface area contributed by atoms with Crippen molar-refractivity contribution in [3.05, 3.63) is 64.2 Å². The van der Waals surface area contributed by atoms with E-state index in [2.05, 4.69) is 10.1 Å². The Morgan fingerprint density at radius 3 is 2.48 bits per heavy atom. The van der Waals surface area contributed by atoms with Crippen molar-refractivity contribution in [1.82, 2.24) is 0 Å². The fraction of sp³-hybridized carbons (Fsp3) is 0.176. The third-order valence-corrected chi connectivity index (χ3v) is 3.50. The topological polar surface area (TPSA) is 55.4 Å². The van der Waals surface area contributed by atoms with E-state index in [1.807, 2.05) is 6.92 Å². The van der Waals surface area contributed by atoms with Crippen LogP contribution in [0.1, 0.15) is 21.5 Å². The number of carbonyl (C=O) groups is 2. The smallest absolute Gasteiger partial charge is 0.417 e. The van der Waals surface area contributed by atoms with Crippen molar-refractivity contribution in [2.75, 3.05) is 11.9 Å². The molecule has 2 rings (SSSR count). The quantitative estimate of drug-likeness (QED) is 0.807. The first-order chi connectivity index (χ1) is 11.7. The predicted molar refractivity (Wildman–Crippen MR) is 86.5 cm³/mol. The van der Waals surface area contributed by atoms with Crippen molar-refractivity contribution in [3.63, 3.8) is 0 Å². The van der Waals surface area contributed by atoms with Crippen LogP contribution in [0.25, 0.3) is 0 Å². The summed E-state index contributed by atoms with van der Waals surface area (Å²) in [5, 5.41) is 2.71. The summed E-state index contributed by atoms with van der Waals surface area (Å²) in [6.45, 7) is 1.08. The number of esters is 1. The number of amides is 1.